The Hall–Kier alpha value is -0.870. The van der Waals surface area contributed by atoms with Crippen molar-refractivity contribution in [3.8, 4) is 0 Å². The first-order valence-corrected chi connectivity index (χ1v) is 7.22. The van der Waals surface area contributed by atoms with Gasteiger partial charge in [0.15, 0.2) is 0 Å². The molecule has 1 N–H and O–H groups in total. The molecule has 2 unspecified atom stereocenters. The maximum atomic E-state index is 11.8. The van der Waals surface area contributed by atoms with Crippen LogP contribution in [0.15, 0.2) is 16.8 Å². The molecule has 2 atom stereocenters. The first kappa shape index (κ1) is 15.2. The third-order valence-electron chi connectivity index (χ3n) is 2.42. The SMILES string of the molecule is CC(Cc1ccsc1)NC(C)C(=O)OC(C)(C)C. The van der Waals surface area contributed by atoms with Gasteiger partial charge in [0.05, 0.1) is 0 Å². The third-order valence-corrected chi connectivity index (χ3v) is 3.15. The molecule has 0 aliphatic rings. The van der Waals surface area contributed by atoms with Gasteiger partial charge in [-0.2, -0.15) is 11.3 Å². The number of rotatable bonds is 5. The first-order chi connectivity index (χ1) is 8.28. The topological polar surface area (TPSA) is 38.3 Å². The van der Waals surface area contributed by atoms with Crippen LogP contribution in [0.5, 0.6) is 0 Å². The second kappa shape index (κ2) is 6.34. The van der Waals surface area contributed by atoms with E-state index in [1.54, 1.807) is 11.3 Å². The van der Waals surface area contributed by atoms with Crippen LogP contribution >= 0.6 is 11.3 Å². The lowest BCUT2D eigenvalue weighted by Crippen LogP contribution is -2.43. The fourth-order valence-electron chi connectivity index (χ4n) is 1.71. The Balaban J connectivity index is 2.39. The average molecular weight is 269 g/mol. The van der Waals surface area contributed by atoms with Gasteiger partial charge in [-0.3, -0.25) is 4.79 Å². The van der Waals surface area contributed by atoms with E-state index in [2.05, 4.69) is 29.1 Å². The van der Waals surface area contributed by atoms with E-state index in [-0.39, 0.29) is 18.1 Å². The molecule has 0 aromatic carbocycles. The quantitative estimate of drug-likeness (QED) is 0.835. The van der Waals surface area contributed by atoms with Crippen molar-refractivity contribution in [1.82, 2.24) is 5.32 Å². The minimum atomic E-state index is -0.427. The van der Waals surface area contributed by atoms with Gasteiger partial charge in [0.25, 0.3) is 0 Å². The zero-order chi connectivity index (χ0) is 13.8. The van der Waals surface area contributed by atoms with Crippen LogP contribution < -0.4 is 5.32 Å². The normalized spacial score (nSPS) is 15.2. The first-order valence-electron chi connectivity index (χ1n) is 6.28. The summed E-state index contributed by atoms with van der Waals surface area (Å²) in [7, 11) is 0. The second-order valence-corrected chi connectivity index (χ2v) is 6.44. The number of carbonyl (C=O) groups excluding carboxylic acids is 1. The van der Waals surface area contributed by atoms with Crippen LogP contribution in [0.2, 0.25) is 0 Å². The van der Waals surface area contributed by atoms with E-state index in [4.69, 9.17) is 4.74 Å². The Bertz CT molecular complexity index is 368. The molecule has 3 nitrogen and oxygen atoms in total. The van der Waals surface area contributed by atoms with Crippen molar-refractivity contribution >= 4 is 17.3 Å². The highest BCUT2D eigenvalue weighted by Gasteiger charge is 2.22. The maximum Gasteiger partial charge on any atom is 0.323 e. The Morgan fingerprint density at radius 3 is 2.61 bits per heavy atom. The predicted molar refractivity (Wildman–Crippen MR) is 75.9 cm³/mol. The van der Waals surface area contributed by atoms with E-state index in [0.29, 0.717) is 0 Å². The molecular formula is C14H23NO2S. The summed E-state index contributed by atoms with van der Waals surface area (Å²) in [4.78, 5) is 11.8. The lowest BCUT2D eigenvalue weighted by atomic mass is 10.1. The number of carbonyl (C=O) groups is 1. The molecule has 4 heteroatoms. The Morgan fingerprint density at radius 2 is 2.11 bits per heavy atom. The van der Waals surface area contributed by atoms with Crippen LogP contribution in [0.4, 0.5) is 0 Å². The number of nitrogens with one attached hydrogen (secondary N) is 1. The standard InChI is InChI=1S/C14H23NO2S/c1-10(8-12-6-7-18-9-12)15-11(2)13(16)17-14(3,4)5/h6-7,9-11,15H,8H2,1-5H3. The van der Waals surface area contributed by atoms with Gasteiger partial charge < -0.3 is 10.1 Å². The molecule has 0 aliphatic heterocycles. The average Bonchev–Trinajstić information content (AvgIpc) is 2.67. The van der Waals surface area contributed by atoms with Gasteiger partial charge in [-0.1, -0.05) is 0 Å². The summed E-state index contributed by atoms with van der Waals surface area (Å²) in [5, 5.41) is 7.47. The fourth-order valence-corrected chi connectivity index (χ4v) is 2.39. The van der Waals surface area contributed by atoms with E-state index in [0.717, 1.165) is 6.42 Å². The summed E-state index contributed by atoms with van der Waals surface area (Å²) >= 11 is 1.70. The van der Waals surface area contributed by atoms with E-state index in [9.17, 15) is 4.79 Å². The van der Waals surface area contributed by atoms with Crippen molar-refractivity contribution in [3.63, 3.8) is 0 Å². The lowest BCUT2D eigenvalue weighted by Gasteiger charge is -2.24. The monoisotopic (exact) mass is 269 g/mol. The van der Waals surface area contributed by atoms with Crippen LogP contribution in [0.25, 0.3) is 0 Å². The van der Waals surface area contributed by atoms with E-state index in [1.165, 1.54) is 5.56 Å². The smallest absolute Gasteiger partial charge is 0.323 e. The largest absolute Gasteiger partial charge is 0.459 e. The van der Waals surface area contributed by atoms with Crippen LogP contribution in [-0.4, -0.2) is 23.7 Å². The molecule has 0 fully saturated rings. The minimum Gasteiger partial charge on any atom is -0.459 e. The molecule has 1 aromatic rings. The predicted octanol–water partition coefficient (Wildman–Crippen LogP) is 3.00. The van der Waals surface area contributed by atoms with Crippen LogP contribution in [0.1, 0.15) is 40.2 Å². The van der Waals surface area contributed by atoms with E-state index < -0.39 is 5.60 Å². The summed E-state index contributed by atoms with van der Waals surface area (Å²) in [6, 6.07) is 2.08. The molecule has 0 radical (unpaired) electrons. The Labute approximate surface area is 114 Å². The van der Waals surface area contributed by atoms with Gasteiger partial charge in [0.1, 0.15) is 11.6 Å². The van der Waals surface area contributed by atoms with Crippen molar-refractivity contribution in [2.45, 2.75) is 58.7 Å². The number of hydrogen-bond acceptors (Lipinski definition) is 4. The zero-order valence-corrected chi connectivity index (χ0v) is 12.6. The van der Waals surface area contributed by atoms with E-state index >= 15 is 0 Å². The highest BCUT2D eigenvalue weighted by atomic mass is 32.1. The lowest BCUT2D eigenvalue weighted by molar-refractivity contribution is -0.157. The highest BCUT2D eigenvalue weighted by molar-refractivity contribution is 7.07. The van der Waals surface area contributed by atoms with Gasteiger partial charge in [0, 0.05) is 6.04 Å². The summed E-state index contributed by atoms with van der Waals surface area (Å²) < 4.78 is 5.34. The molecule has 0 aliphatic carbocycles. The van der Waals surface area contributed by atoms with Crippen molar-refractivity contribution in [2.75, 3.05) is 0 Å². The molecule has 102 valence electrons. The molecule has 0 saturated carbocycles. The molecule has 1 aromatic heterocycles. The van der Waals surface area contributed by atoms with Crippen molar-refractivity contribution < 1.29 is 9.53 Å². The molecular weight excluding hydrogens is 246 g/mol. The van der Waals surface area contributed by atoms with Gasteiger partial charge in [-0.05, 0) is 63.4 Å². The minimum absolute atomic E-state index is 0.195. The molecule has 0 spiro atoms. The van der Waals surface area contributed by atoms with Crippen molar-refractivity contribution in [2.24, 2.45) is 0 Å². The molecule has 0 saturated heterocycles. The summed E-state index contributed by atoms with van der Waals surface area (Å²) in [6.07, 6.45) is 0.927. The van der Waals surface area contributed by atoms with Gasteiger partial charge in [-0.25, -0.2) is 0 Å². The molecule has 1 rings (SSSR count). The van der Waals surface area contributed by atoms with Crippen molar-refractivity contribution in [3.05, 3.63) is 22.4 Å². The maximum absolute atomic E-state index is 11.8. The molecule has 0 bridgehead atoms. The second-order valence-electron chi connectivity index (χ2n) is 5.66. The van der Waals surface area contributed by atoms with E-state index in [1.807, 2.05) is 27.7 Å². The number of ether oxygens (including phenoxy) is 1. The van der Waals surface area contributed by atoms with Crippen LogP contribution in [-0.2, 0) is 16.0 Å². The highest BCUT2D eigenvalue weighted by Crippen LogP contribution is 2.11. The Morgan fingerprint density at radius 1 is 1.44 bits per heavy atom. The van der Waals surface area contributed by atoms with Crippen LogP contribution in [0, 0.1) is 0 Å². The fraction of sp³-hybridized carbons (Fsp3) is 0.643. The molecule has 0 amide bonds. The zero-order valence-electron chi connectivity index (χ0n) is 11.8. The number of esters is 1. The third kappa shape index (κ3) is 5.65. The summed E-state index contributed by atoms with van der Waals surface area (Å²) in [6.45, 7) is 9.57. The summed E-state index contributed by atoms with van der Waals surface area (Å²) in [5.74, 6) is -0.195. The Kier molecular flexibility index (Phi) is 5.35. The van der Waals surface area contributed by atoms with Crippen LogP contribution in [0.3, 0.4) is 0 Å². The molecule has 18 heavy (non-hydrogen) atoms. The van der Waals surface area contributed by atoms with Crippen molar-refractivity contribution in [1.29, 1.82) is 0 Å². The van der Waals surface area contributed by atoms with Gasteiger partial charge in [0.2, 0.25) is 0 Å². The summed E-state index contributed by atoms with van der Waals surface area (Å²) in [5.41, 5.74) is 0.875. The van der Waals surface area contributed by atoms with Gasteiger partial charge in [-0.15, -0.1) is 0 Å². The van der Waals surface area contributed by atoms with Gasteiger partial charge >= 0.3 is 5.97 Å². The number of thiophene rings is 1. The number of hydrogen-bond donors (Lipinski definition) is 1. The molecule has 1 heterocycles.